The minimum absolute atomic E-state index is 0.162. The predicted octanol–water partition coefficient (Wildman–Crippen LogP) is 3.63. The molecule has 29 heavy (non-hydrogen) atoms. The van der Waals surface area contributed by atoms with E-state index in [0.717, 1.165) is 11.0 Å². The van der Waals surface area contributed by atoms with Crippen LogP contribution in [0, 0.1) is 0 Å². The number of fused-ring (bicyclic) bond motifs is 1. The van der Waals surface area contributed by atoms with Crippen molar-refractivity contribution in [2.75, 3.05) is 26.2 Å². The molecule has 1 aromatic heterocycles. The standard InChI is InChI=1S/C21H19ClN2O4S/c22-17-5-3-6-19(15-17)29(26,27)24-12-10-23(11-13-24)21(25)9-8-18-14-16-4-1-2-7-20(16)28-18/h1-9,14-15H,10-13H2/b9-8+. The maximum atomic E-state index is 12.7. The van der Waals surface area contributed by atoms with E-state index in [1.54, 1.807) is 23.1 Å². The minimum Gasteiger partial charge on any atom is -0.457 e. The highest BCUT2D eigenvalue weighted by Crippen LogP contribution is 2.22. The monoisotopic (exact) mass is 430 g/mol. The van der Waals surface area contributed by atoms with E-state index < -0.39 is 10.0 Å². The van der Waals surface area contributed by atoms with Crippen molar-refractivity contribution >= 4 is 44.6 Å². The zero-order valence-electron chi connectivity index (χ0n) is 15.5. The van der Waals surface area contributed by atoms with Gasteiger partial charge in [0.15, 0.2) is 0 Å². The van der Waals surface area contributed by atoms with Crippen molar-refractivity contribution in [1.29, 1.82) is 0 Å². The third kappa shape index (κ3) is 4.22. The van der Waals surface area contributed by atoms with Crippen molar-refractivity contribution in [3.63, 3.8) is 0 Å². The summed E-state index contributed by atoms with van der Waals surface area (Å²) in [6, 6.07) is 15.7. The van der Waals surface area contributed by atoms with Gasteiger partial charge in [-0.2, -0.15) is 4.31 Å². The van der Waals surface area contributed by atoms with Crippen molar-refractivity contribution in [3.05, 3.63) is 71.5 Å². The van der Waals surface area contributed by atoms with Crippen molar-refractivity contribution in [1.82, 2.24) is 9.21 Å². The first-order valence-corrected chi connectivity index (χ1v) is 11.0. The molecule has 0 unspecified atom stereocenters. The Hall–Kier alpha value is -2.61. The van der Waals surface area contributed by atoms with Crippen LogP contribution in [0.5, 0.6) is 0 Å². The fourth-order valence-electron chi connectivity index (χ4n) is 3.27. The molecular weight excluding hydrogens is 412 g/mol. The van der Waals surface area contributed by atoms with Crippen molar-refractivity contribution in [3.8, 4) is 0 Å². The zero-order valence-corrected chi connectivity index (χ0v) is 17.1. The summed E-state index contributed by atoms with van der Waals surface area (Å²) < 4.78 is 32.5. The zero-order chi connectivity index (χ0) is 20.4. The van der Waals surface area contributed by atoms with Gasteiger partial charge in [-0.05, 0) is 36.4 Å². The van der Waals surface area contributed by atoms with Gasteiger partial charge in [-0.25, -0.2) is 8.42 Å². The largest absolute Gasteiger partial charge is 0.457 e. The van der Waals surface area contributed by atoms with E-state index in [2.05, 4.69) is 0 Å². The molecule has 8 heteroatoms. The van der Waals surface area contributed by atoms with E-state index in [4.69, 9.17) is 16.0 Å². The molecule has 0 atom stereocenters. The molecule has 0 aliphatic carbocycles. The SMILES string of the molecule is O=C(/C=C/c1cc2ccccc2o1)N1CCN(S(=O)(=O)c2cccc(Cl)c2)CC1. The fourth-order valence-corrected chi connectivity index (χ4v) is 4.99. The van der Waals surface area contributed by atoms with E-state index in [1.165, 1.54) is 22.5 Å². The Morgan fingerprint density at radius 3 is 2.48 bits per heavy atom. The second-order valence-corrected chi connectivity index (χ2v) is 9.08. The third-order valence-electron chi connectivity index (χ3n) is 4.82. The number of piperazine rings is 1. The molecule has 3 aromatic rings. The number of carbonyl (C=O) groups excluding carboxylic acids is 1. The lowest BCUT2D eigenvalue weighted by atomic mass is 10.2. The molecule has 1 saturated heterocycles. The van der Waals surface area contributed by atoms with Crippen LogP contribution in [0.25, 0.3) is 17.0 Å². The van der Waals surface area contributed by atoms with E-state index in [-0.39, 0.29) is 23.9 Å². The van der Waals surface area contributed by atoms with Crippen molar-refractivity contribution in [2.45, 2.75) is 4.90 Å². The molecule has 1 amide bonds. The number of rotatable bonds is 4. The lowest BCUT2D eigenvalue weighted by Gasteiger charge is -2.33. The number of amides is 1. The van der Waals surface area contributed by atoms with Gasteiger partial charge in [0, 0.05) is 42.7 Å². The van der Waals surface area contributed by atoms with Crippen LogP contribution < -0.4 is 0 Å². The Balaban J connectivity index is 1.39. The summed E-state index contributed by atoms with van der Waals surface area (Å²) in [4.78, 5) is 14.3. The average Bonchev–Trinajstić information content (AvgIpc) is 3.15. The molecule has 0 bridgehead atoms. The summed E-state index contributed by atoms with van der Waals surface area (Å²) in [5, 5.41) is 1.34. The number of benzene rings is 2. The topological polar surface area (TPSA) is 70.8 Å². The Labute approximate surface area is 174 Å². The van der Waals surface area contributed by atoms with Gasteiger partial charge in [-0.15, -0.1) is 0 Å². The van der Waals surface area contributed by atoms with Crippen LogP contribution in [-0.2, 0) is 14.8 Å². The molecular formula is C21H19ClN2O4S. The quantitative estimate of drug-likeness (QED) is 0.592. The van der Waals surface area contributed by atoms with Gasteiger partial charge in [-0.1, -0.05) is 35.9 Å². The number of furan rings is 1. The second-order valence-electron chi connectivity index (χ2n) is 6.71. The molecule has 0 radical (unpaired) electrons. The maximum absolute atomic E-state index is 12.7. The summed E-state index contributed by atoms with van der Waals surface area (Å²) in [6.07, 6.45) is 3.09. The molecule has 2 heterocycles. The van der Waals surface area contributed by atoms with Crippen LogP contribution in [0.4, 0.5) is 0 Å². The molecule has 0 N–H and O–H groups in total. The van der Waals surface area contributed by atoms with Crippen LogP contribution in [0.2, 0.25) is 5.02 Å². The lowest BCUT2D eigenvalue weighted by Crippen LogP contribution is -2.50. The molecule has 150 valence electrons. The van der Waals surface area contributed by atoms with Gasteiger partial charge in [0.2, 0.25) is 15.9 Å². The number of sulfonamides is 1. The number of para-hydroxylation sites is 1. The van der Waals surface area contributed by atoms with Gasteiger partial charge in [0.1, 0.15) is 11.3 Å². The number of carbonyl (C=O) groups is 1. The van der Waals surface area contributed by atoms with Crippen LogP contribution in [0.3, 0.4) is 0 Å². The lowest BCUT2D eigenvalue weighted by molar-refractivity contribution is -0.127. The van der Waals surface area contributed by atoms with Crippen LogP contribution >= 0.6 is 11.6 Å². The highest BCUT2D eigenvalue weighted by Gasteiger charge is 2.29. The summed E-state index contributed by atoms with van der Waals surface area (Å²) in [6.45, 7) is 1.12. The summed E-state index contributed by atoms with van der Waals surface area (Å²) in [5.41, 5.74) is 0.763. The second kappa shape index (κ2) is 8.02. The Morgan fingerprint density at radius 2 is 1.76 bits per heavy atom. The molecule has 1 aliphatic heterocycles. The van der Waals surface area contributed by atoms with Crippen molar-refractivity contribution in [2.24, 2.45) is 0 Å². The van der Waals surface area contributed by atoms with E-state index in [9.17, 15) is 13.2 Å². The first-order chi connectivity index (χ1) is 13.9. The molecule has 1 fully saturated rings. The summed E-state index contributed by atoms with van der Waals surface area (Å²) in [5.74, 6) is 0.423. The molecule has 6 nitrogen and oxygen atoms in total. The molecule has 0 spiro atoms. The van der Waals surface area contributed by atoms with Gasteiger partial charge in [0.25, 0.3) is 0 Å². The van der Waals surface area contributed by atoms with E-state index >= 15 is 0 Å². The van der Waals surface area contributed by atoms with Crippen LogP contribution in [0.15, 0.2) is 70.0 Å². The Kier molecular flexibility index (Phi) is 5.45. The maximum Gasteiger partial charge on any atom is 0.246 e. The summed E-state index contributed by atoms with van der Waals surface area (Å²) >= 11 is 5.91. The van der Waals surface area contributed by atoms with E-state index in [0.29, 0.717) is 23.9 Å². The van der Waals surface area contributed by atoms with Gasteiger partial charge >= 0.3 is 0 Å². The van der Waals surface area contributed by atoms with Gasteiger partial charge < -0.3 is 9.32 Å². The predicted molar refractivity (Wildman–Crippen MR) is 112 cm³/mol. The van der Waals surface area contributed by atoms with Crippen LogP contribution in [0.1, 0.15) is 5.76 Å². The average molecular weight is 431 g/mol. The molecule has 4 rings (SSSR count). The first-order valence-electron chi connectivity index (χ1n) is 9.15. The number of halogens is 1. The van der Waals surface area contributed by atoms with Crippen molar-refractivity contribution < 1.29 is 17.6 Å². The fraction of sp³-hybridized carbons (Fsp3) is 0.190. The highest BCUT2D eigenvalue weighted by atomic mass is 35.5. The van der Waals surface area contributed by atoms with Crippen LogP contribution in [-0.4, -0.2) is 49.7 Å². The minimum atomic E-state index is -3.63. The third-order valence-corrected chi connectivity index (χ3v) is 6.95. The van der Waals surface area contributed by atoms with Gasteiger partial charge in [0.05, 0.1) is 4.90 Å². The smallest absolute Gasteiger partial charge is 0.246 e. The Morgan fingerprint density at radius 1 is 1.00 bits per heavy atom. The highest BCUT2D eigenvalue weighted by molar-refractivity contribution is 7.89. The van der Waals surface area contributed by atoms with E-state index in [1.807, 2.05) is 30.3 Å². The first kappa shape index (κ1) is 19.7. The number of hydrogen-bond acceptors (Lipinski definition) is 4. The summed E-state index contributed by atoms with van der Waals surface area (Å²) in [7, 11) is -3.63. The molecule has 1 aliphatic rings. The number of hydrogen-bond donors (Lipinski definition) is 0. The normalized spacial score (nSPS) is 16.0. The molecule has 0 saturated carbocycles. The van der Waals surface area contributed by atoms with Gasteiger partial charge in [-0.3, -0.25) is 4.79 Å². The number of nitrogens with zero attached hydrogens (tertiary/aromatic N) is 2. The Bertz CT molecular complexity index is 1150. The molecule has 2 aromatic carbocycles.